The Balaban J connectivity index is 4.41. The van der Waals surface area contributed by atoms with Gasteiger partial charge in [-0.05, 0) is 0 Å². The molecule has 2 N–H and O–H groups in total. The van der Waals surface area contributed by atoms with Gasteiger partial charge in [0.25, 0.3) is 0 Å². The van der Waals surface area contributed by atoms with Crippen LogP contribution in [0.25, 0.3) is 0 Å². The Kier molecular flexibility index (Phi) is 13.9. The molecule has 0 saturated heterocycles. The van der Waals surface area contributed by atoms with Crippen molar-refractivity contribution in [2.45, 2.75) is 95.0 Å². The summed E-state index contributed by atoms with van der Waals surface area (Å²) in [5, 5.41) is 0. The molecule has 0 aliphatic rings. The van der Waals surface area contributed by atoms with E-state index in [0.717, 1.165) is 11.2 Å². The van der Waals surface area contributed by atoms with Crippen LogP contribution < -0.4 is 5.73 Å². The Hall–Kier alpha value is 0.719. The summed E-state index contributed by atoms with van der Waals surface area (Å²) >= 11 is -0.474. The zero-order valence-electron chi connectivity index (χ0n) is 14.3. The molecule has 0 saturated carbocycles. The van der Waals surface area contributed by atoms with Crippen LogP contribution in [0.1, 0.15) is 85.5 Å². The fourth-order valence-electron chi connectivity index (χ4n) is 2.63. The Bertz CT molecular complexity index is 187. The molecular formula is C17H37NOSn. The van der Waals surface area contributed by atoms with Crippen molar-refractivity contribution in [2.24, 2.45) is 5.73 Å². The first-order chi connectivity index (χ1) is 9.60. The average molecular weight is 390 g/mol. The number of rotatable bonds is 14. The van der Waals surface area contributed by atoms with Gasteiger partial charge in [-0.25, -0.2) is 0 Å². The topological polar surface area (TPSA) is 35.2 Å². The number of unbranched alkanes of at least 4 members (excludes halogenated alkanes) is 3. The average Bonchev–Trinajstić information content (AvgIpc) is 2.44. The van der Waals surface area contributed by atoms with E-state index in [1.165, 1.54) is 57.8 Å². The third-order valence-electron chi connectivity index (χ3n) is 3.96. The predicted octanol–water partition coefficient (Wildman–Crippen LogP) is 4.74. The van der Waals surface area contributed by atoms with Gasteiger partial charge in [0.1, 0.15) is 0 Å². The number of ether oxygens (including phenoxy) is 1. The number of nitrogens with two attached hydrogens (primary N) is 1. The van der Waals surface area contributed by atoms with Crippen molar-refractivity contribution in [1.82, 2.24) is 0 Å². The molecule has 1 atom stereocenters. The molecule has 0 amide bonds. The van der Waals surface area contributed by atoms with E-state index in [1.807, 2.05) is 6.92 Å². The molecule has 0 heterocycles. The van der Waals surface area contributed by atoms with Crippen LogP contribution in [-0.4, -0.2) is 38.4 Å². The molecule has 20 heavy (non-hydrogen) atoms. The van der Waals surface area contributed by atoms with Crippen LogP contribution in [0.2, 0.25) is 3.43 Å². The summed E-state index contributed by atoms with van der Waals surface area (Å²) in [7, 11) is 0. The van der Waals surface area contributed by atoms with Gasteiger partial charge in [-0.15, -0.1) is 0 Å². The van der Waals surface area contributed by atoms with Gasteiger partial charge < -0.3 is 0 Å². The maximum atomic E-state index is 5.84. The van der Waals surface area contributed by atoms with Gasteiger partial charge in [0.2, 0.25) is 0 Å². The summed E-state index contributed by atoms with van der Waals surface area (Å²) in [5.41, 5.74) is 5.78. The standard InChI is InChI=1S/C13H27.C4H10NO.Sn/c1-4-7-10-13(11-8-5-2)12-9-6-3;1-4(5)3-6-2;/h4-12H2,1-3H3;4H,2-3,5H2,1H3;. The summed E-state index contributed by atoms with van der Waals surface area (Å²) in [6.07, 6.45) is 12.6. The molecule has 0 rings (SSSR count). The van der Waals surface area contributed by atoms with Crippen molar-refractivity contribution >= 4 is 21.1 Å². The molecule has 0 fully saturated rings. The van der Waals surface area contributed by atoms with Crippen LogP contribution >= 0.6 is 0 Å². The van der Waals surface area contributed by atoms with Crippen molar-refractivity contribution < 1.29 is 4.74 Å². The van der Waals surface area contributed by atoms with E-state index < -0.39 is 21.1 Å². The number of hydrogen-bond donors (Lipinski definition) is 1. The first-order valence-corrected chi connectivity index (χ1v) is 12.1. The van der Waals surface area contributed by atoms with E-state index in [0.29, 0.717) is 3.43 Å². The van der Waals surface area contributed by atoms with Gasteiger partial charge in [-0.3, -0.25) is 0 Å². The Morgan fingerprint density at radius 3 is 1.75 bits per heavy atom. The van der Waals surface area contributed by atoms with Crippen molar-refractivity contribution in [3.8, 4) is 0 Å². The van der Waals surface area contributed by atoms with Crippen LogP contribution in [0.5, 0.6) is 0 Å². The second-order valence-electron chi connectivity index (χ2n) is 6.26. The first-order valence-electron chi connectivity index (χ1n) is 8.68. The third kappa shape index (κ3) is 10.4. The summed E-state index contributed by atoms with van der Waals surface area (Å²) in [6.45, 7) is 9.74. The second-order valence-corrected chi connectivity index (χ2v) is 11.1. The molecular weight excluding hydrogens is 353 g/mol. The van der Waals surface area contributed by atoms with E-state index in [2.05, 4.69) is 20.8 Å². The molecule has 2 nitrogen and oxygen atoms in total. The van der Waals surface area contributed by atoms with Crippen LogP contribution in [-0.2, 0) is 4.74 Å². The van der Waals surface area contributed by atoms with Gasteiger partial charge in [-0.2, -0.15) is 0 Å². The summed E-state index contributed by atoms with van der Waals surface area (Å²) < 4.78 is 7.60. The Morgan fingerprint density at radius 2 is 1.40 bits per heavy atom. The fourth-order valence-corrected chi connectivity index (χ4v) is 7.16. The second kappa shape index (κ2) is 13.4. The van der Waals surface area contributed by atoms with Gasteiger partial charge >= 0.3 is 138 Å². The molecule has 0 aliphatic heterocycles. The van der Waals surface area contributed by atoms with Gasteiger partial charge in [0, 0.05) is 0 Å². The van der Waals surface area contributed by atoms with Crippen molar-refractivity contribution in [3.05, 3.63) is 0 Å². The number of hydrogen-bond acceptors (Lipinski definition) is 2. The van der Waals surface area contributed by atoms with Gasteiger partial charge in [0.05, 0.1) is 0 Å². The van der Waals surface area contributed by atoms with Gasteiger partial charge in [0.15, 0.2) is 0 Å². The van der Waals surface area contributed by atoms with Crippen LogP contribution in [0.4, 0.5) is 0 Å². The zero-order valence-corrected chi connectivity index (χ0v) is 17.2. The van der Waals surface area contributed by atoms with Crippen LogP contribution in [0.15, 0.2) is 0 Å². The zero-order chi connectivity index (χ0) is 15.3. The molecule has 120 valence electrons. The summed E-state index contributed by atoms with van der Waals surface area (Å²) in [5.74, 6) is 0. The molecule has 0 spiro atoms. The van der Waals surface area contributed by atoms with Crippen molar-refractivity contribution in [3.63, 3.8) is 0 Å². The Morgan fingerprint density at radius 1 is 0.950 bits per heavy atom. The summed E-state index contributed by atoms with van der Waals surface area (Å²) in [4.78, 5) is 0. The Labute approximate surface area is 137 Å². The third-order valence-corrected chi connectivity index (χ3v) is 9.23. The predicted molar refractivity (Wildman–Crippen MR) is 91.5 cm³/mol. The van der Waals surface area contributed by atoms with Crippen molar-refractivity contribution in [2.75, 3.05) is 11.2 Å². The summed E-state index contributed by atoms with van der Waals surface area (Å²) in [6, 6.07) is 0.186. The van der Waals surface area contributed by atoms with E-state index in [9.17, 15) is 0 Å². The fraction of sp³-hybridized carbons (Fsp3) is 1.00. The minimum atomic E-state index is -0.474. The molecule has 0 aliphatic carbocycles. The normalized spacial score (nSPS) is 13.7. The molecule has 0 bridgehead atoms. The van der Waals surface area contributed by atoms with E-state index in [1.54, 1.807) is 0 Å². The molecule has 3 heteroatoms. The van der Waals surface area contributed by atoms with E-state index in [-0.39, 0.29) is 6.04 Å². The molecule has 0 aromatic heterocycles. The van der Waals surface area contributed by atoms with Gasteiger partial charge in [-0.1, -0.05) is 0 Å². The van der Waals surface area contributed by atoms with E-state index in [4.69, 9.17) is 10.5 Å². The molecule has 0 aromatic rings. The molecule has 1 unspecified atom stereocenters. The maximum absolute atomic E-state index is 5.84. The first kappa shape index (κ1) is 20.7. The van der Waals surface area contributed by atoms with Crippen LogP contribution in [0, 0.1) is 0 Å². The SMILES string of the molecule is CCCC[C](CCCC)(CCCC)[Sn][CH2]OCC(C)N. The van der Waals surface area contributed by atoms with Crippen LogP contribution in [0.3, 0.4) is 0 Å². The molecule has 2 radical (unpaired) electrons. The monoisotopic (exact) mass is 391 g/mol. The minimum absolute atomic E-state index is 0.186. The molecule has 0 aromatic carbocycles. The van der Waals surface area contributed by atoms with E-state index >= 15 is 0 Å². The quantitative estimate of drug-likeness (QED) is 0.344. The van der Waals surface area contributed by atoms with Crippen molar-refractivity contribution in [1.29, 1.82) is 0 Å².